The van der Waals surface area contributed by atoms with Crippen LogP contribution in [0.25, 0.3) is 32.6 Å². The number of anilines is 1. The van der Waals surface area contributed by atoms with Crippen LogP contribution in [-0.4, -0.2) is 43.9 Å². The molecule has 0 aliphatic heterocycles. The Hall–Kier alpha value is -4.65. The van der Waals surface area contributed by atoms with Crippen molar-refractivity contribution in [1.82, 2.24) is 25.0 Å². The number of hydrogen-bond donors (Lipinski definition) is 3. The third-order valence-electron chi connectivity index (χ3n) is 5.86. The zero-order valence-corrected chi connectivity index (χ0v) is 21.2. The number of pyridine rings is 1. The fourth-order valence-corrected chi connectivity index (χ4v) is 5.16. The van der Waals surface area contributed by atoms with E-state index in [1.807, 2.05) is 6.07 Å². The number of methoxy groups -OCH3 is 1. The molecule has 194 valence electrons. The maximum atomic E-state index is 13.7. The van der Waals surface area contributed by atoms with Crippen molar-refractivity contribution in [3.63, 3.8) is 0 Å². The van der Waals surface area contributed by atoms with Gasteiger partial charge in [0.05, 0.1) is 24.2 Å². The minimum absolute atomic E-state index is 0.0254. The van der Waals surface area contributed by atoms with Gasteiger partial charge in [0, 0.05) is 29.8 Å². The fraction of sp³-hybridized carbons (Fsp3) is 0.160. The summed E-state index contributed by atoms with van der Waals surface area (Å²) < 4.78 is 34.2. The molecule has 0 aliphatic rings. The molecule has 0 fully saturated rings. The highest BCUT2D eigenvalue weighted by Crippen LogP contribution is 2.43. The van der Waals surface area contributed by atoms with Gasteiger partial charge in [0.25, 0.3) is 18.2 Å². The maximum Gasteiger partial charge on any atom is 0.280 e. The van der Waals surface area contributed by atoms with E-state index in [4.69, 9.17) is 10.5 Å². The number of nitrogens with zero attached hydrogens (tertiary/aromatic N) is 4. The first kappa shape index (κ1) is 25.0. The Kier molecular flexibility index (Phi) is 6.36. The number of alkyl halides is 2. The van der Waals surface area contributed by atoms with Crippen LogP contribution in [0.3, 0.4) is 0 Å². The fourth-order valence-electron chi connectivity index (χ4n) is 4.15. The maximum absolute atomic E-state index is 13.7. The Morgan fingerprint density at radius 3 is 2.66 bits per heavy atom. The Labute approximate surface area is 218 Å². The lowest BCUT2D eigenvalue weighted by atomic mass is 10.0. The Balaban J connectivity index is 1.62. The van der Waals surface area contributed by atoms with E-state index in [1.165, 1.54) is 6.07 Å². The van der Waals surface area contributed by atoms with Crippen LogP contribution in [0.4, 0.5) is 14.5 Å². The van der Waals surface area contributed by atoms with E-state index in [0.29, 0.717) is 33.7 Å². The molecule has 0 saturated carbocycles. The van der Waals surface area contributed by atoms with E-state index in [2.05, 4.69) is 25.6 Å². The third kappa shape index (κ3) is 4.47. The Morgan fingerprint density at radius 1 is 1.21 bits per heavy atom. The van der Waals surface area contributed by atoms with Crippen molar-refractivity contribution in [2.45, 2.75) is 13.3 Å². The van der Waals surface area contributed by atoms with Crippen LogP contribution in [0.1, 0.15) is 38.0 Å². The Morgan fingerprint density at radius 2 is 2.00 bits per heavy atom. The molecule has 10 nitrogen and oxygen atoms in total. The number of benzene rings is 1. The van der Waals surface area contributed by atoms with Gasteiger partial charge < -0.3 is 15.8 Å². The normalized spacial score (nSPS) is 11.3. The van der Waals surface area contributed by atoms with Gasteiger partial charge in [0.1, 0.15) is 26.8 Å². The molecule has 4 aromatic heterocycles. The number of rotatable bonds is 7. The number of aromatic amines is 1. The highest BCUT2D eigenvalue weighted by atomic mass is 32.1. The molecule has 5 rings (SSSR count). The second-order valence-corrected chi connectivity index (χ2v) is 9.40. The standard InChI is InChI=1S/C25H21F2N7O3S/c1-11-15(10-34(2)33-11)14-8-17(22(26)27)29-25-19(14)20(21(38-25)23(28)35)30-24(36)18-9-16(31-32-18)12-5-4-6-13(7-12)37-3/h4-10,22H,1-3H3,(H2,28,35)(H,30,36)(H,31,32). The lowest BCUT2D eigenvalue weighted by Crippen LogP contribution is -2.17. The van der Waals surface area contributed by atoms with Gasteiger partial charge >= 0.3 is 0 Å². The van der Waals surface area contributed by atoms with Crippen molar-refractivity contribution in [3.8, 4) is 28.1 Å². The van der Waals surface area contributed by atoms with E-state index in [-0.39, 0.29) is 21.1 Å². The number of H-pyrrole nitrogens is 1. The van der Waals surface area contributed by atoms with Crippen LogP contribution in [0.5, 0.6) is 5.75 Å². The molecule has 0 saturated heterocycles. The molecule has 0 radical (unpaired) electrons. The summed E-state index contributed by atoms with van der Waals surface area (Å²) in [6.07, 6.45) is -1.19. The van der Waals surface area contributed by atoms with Crippen LogP contribution < -0.4 is 15.8 Å². The molecule has 1 aromatic carbocycles. The average molecular weight is 538 g/mol. The second kappa shape index (κ2) is 9.67. The number of thiophene rings is 1. The summed E-state index contributed by atoms with van der Waals surface area (Å²) in [6, 6.07) is 9.94. The minimum Gasteiger partial charge on any atom is -0.497 e. The van der Waals surface area contributed by atoms with Gasteiger partial charge in [-0.15, -0.1) is 11.3 Å². The topological polar surface area (TPSA) is 141 Å². The van der Waals surface area contributed by atoms with E-state index in [9.17, 15) is 18.4 Å². The molecule has 13 heteroatoms. The first-order valence-electron chi connectivity index (χ1n) is 11.2. The van der Waals surface area contributed by atoms with Crippen LogP contribution in [-0.2, 0) is 7.05 Å². The summed E-state index contributed by atoms with van der Waals surface area (Å²) in [4.78, 5) is 29.8. The van der Waals surface area contributed by atoms with Crippen molar-refractivity contribution < 1.29 is 23.1 Å². The average Bonchev–Trinajstić information content (AvgIpc) is 3.60. The monoisotopic (exact) mass is 537 g/mol. The summed E-state index contributed by atoms with van der Waals surface area (Å²) in [5.41, 5.74) is 8.00. The molecule has 0 aliphatic carbocycles. The molecule has 5 aromatic rings. The first-order chi connectivity index (χ1) is 18.2. The lowest BCUT2D eigenvalue weighted by molar-refractivity contribution is 0.100. The number of nitrogens with two attached hydrogens (primary N) is 1. The summed E-state index contributed by atoms with van der Waals surface area (Å²) >= 11 is 0.828. The second-order valence-electron chi connectivity index (χ2n) is 8.40. The quantitative estimate of drug-likeness (QED) is 0.275. The smallest absolute Gasteiger partial charge is 0.280 e. The van der Waals surface area contributed by atoms with Crippen LogP contribution in [0, 0.1) is 6.92 Å². The molecule has 4 heterocycles. The summed E-state index contributed by atoms with van der Waals surface area (Å²) in [7, 11) is 3.25. The van der Waals surface area contributed by atoms with Crippen molar-refractivity contribution in [2.24, 2.45) is 12.8 Å². The van der Waals surface area contributed by atoms with Gasteiger partial charge in [-0.05, 0) is 36.8 Å². The lowest BCUT2D eigenvalue weighted by Gasteiger charge is -2.10. The third-order valence-corrected chi connectivity index (χ3v) is 6.96. The summed E-state index contributed by atoms with van der Waals surface area (Å²) in [5, 5.41) is 14.2. The van der Waals surface area contributed by atoms with Crippen LogP contribution in [0.15, 0.2) is 42.6 Å². The number of aryl methyl sites for hydroxylation is 2. The molecule has 4 N–H and O–H groups in total. The number of amides is 2. The number of carbonyl (C=O) groups excluding carboxylic acids is 2. The minimum atomic E-state index is -2.85. The summed E-state index contributed by atoms with van der Waals surface area (Å²) in [5.74, 6) is -0.820. The number of hydrogen-bond acceptors (Lipinski definition) is 7. The molecule has 38 heavy (non-hydrogen) atoms. The van der Waals surface area contributed by atoms with Gasteiger partial charge in [-0.1, -0.05) is 12.1 Å². The van der Waals surface area contributed by atoms with E-state index >= 15 is 0 Å². The van der Waals surface area contributed by atoms with Crippen LogP contribution >= 0.6 is 11.3 Å². The summed E-state index contributed by atoms with van der Waals surface area (Å²) in [6.45, 7) is 1.73. The van der Waals surface area contributed by atoms with Gasteiger partial charge in [0.15, 0.2) is 0 Å². The van der Waals surface area contributed by atoms with E-state index in [1.54, 1.807) is 56.2 Å². The first-order valence-corrected chi connectivity index (χ1v) is 12.0. The molecule has 0 spiro atoms. The zero-order chi connectivity index (χ0) is 27.1. The highest BCUT2D eigenvalue weighted by molar-refractivity contribution is 7.21. The predicted molar refractivity (Wildman–Crippen MR) is 139 cm³/mol. The number of halogens is 2. The molecule has 0 unspecified atom stereocenters. The molecular weight excluding hydrogens is 516 g/mol. The van der Waals surface area contributed by atoms with Crippen LogP contribution in [0.2, 0.25) is 0 Å². The van der Waals surface area contributed by atoms with Crippen molar-refractivity contribution in [1.29, 1.82) is 0 Å². The van der Waals surface area contributed by atoms with Gasteiger partial charge in [0.2, 0.25) is 0 Å². The number of fused-ring (bicyclic) bond motifs is 1. The largest absolute Gasteiger partial charge is 0.497 e. The van der Waals surface area contributed by atoms with E-state index in [0.717, 1.165) is 16.9 Å². The van der Waals surface area contributed by atoms with Crippen molar-refractivity contribution in [3.05, 3.63) is 64.6 Å². The molecule has 2 amide bonds. The number of ether oxygens (including phenoxy) is 1. The molecule has 0 atom stereocenters. The number of primary amides is 1. The number of carbonyl (C=O) groups is 2. The number of aromatic nitrogens is 5. The SMILES string of the molecule is COc1cccc(-c2cc(C(=O)Nc3c(C(N)=O)sc4nc(C(F)F)cc(-c5cn(C)nc5C)c34)[nH]n2)c1. The van der Waals surface area contributed by atoms with Gasteiger partial charge in [-0.2, -0.15) is 10.2 Å². The van der Waals surface area contributed by atoms with Gasteiger partial charge in [-0.3, -0.25) is 19.4 Å². The highest BCUT2D eigenvalue weighted by Gasteiger charge is 2.26. The van der Waals surface area contributed by atoms with E-state index < -0.39 is 23.9 Å². The zero-order valence-electron chi connectivity index (χ0n) is 20.4. The molecule has 0 bridgehead atoms. The van der Waals surface area contributed by atoms with Crippen molar-refractivity contribution in [2.75, 3.05) is 12.4 Å². The number of nitrogens with one attached hydrogen (secondary N) is 2. The van der Waals surface area contributed by atoms with Crippen molar-refractivity contribution >= 4 is 39.1 Å². The van der Waals surface area contributed by atoms with Gasteiger partial charge in [-0.25, -0.2) is 13.8 Å². The predicted octanol–water partition coefficient (Wildman–Crippen LogP) is 4.69. The molecular formula is C25H21F2N7O3S. The Bertz CT molecular complexity index is 1710.